The van der Waals surface area contributed by atoms with Crippen molar-refractivity contribution in [2.45, 2.75) is 6.04 Å². The highest BCUT2D eigenvalue weighted by Crippen LogP contribution is 2.29. The van der Waals surface area contributed by atoms with Gasteiger partial charge < -0.3 is 10.1 Å². The molecule has 1 amide bonds. The number of carbonyl (C=O) groups is 1. The Kier molecular flexibility index (Phi) is 4.95. The number of hydrogen-bond acceptors (Lipinski definition) is 4. The van der Waals surface area contributed by atoms with Crippen LogP contribution in [0.1, 0.15) is 27.5 Å². The molecular formula is C21H17ClN4O2. The van der Waals surface area contributed by atoms with Crippen molar-refractivity contribution in [2.75, 3.05) is 7.11 Å². The molecule has 4 aromatic rings. The Morgan fingerprint density at radius 2 is 1.89 bits per heavy atom. The van der Waals surface area contributed by atoms with Crippen molar-refractivity contribution >= 4 is 23.2 Å². The van der Waals surface area contributed by atoms with E-state index in [-0.39, 0.29) is 5.91 Å². The molecule has 0 bridgehead atoms. The largest absolute Gasteiger partial charge is 0.497 e. The number of carbonyl (C=O) groups excluding carboxylic acids is 1. The van der Waals surface area contributed by atoms with Gasteiger partial charge in [0.2, 0.25) is 0 Å². The lowest BCUT2D eigenvalue weighted by Crippen LogP contribution is -2.29. The van der Waals surface area contributed by atoms with Crippen LogP contribution in [-0.2, 0) is 0 Å². The molecule has 0 radical (unpaired) electrons. The number of fused-ring (bicyclic) bond motifs is 1. The first-order chi connectivity index (χ1) is 13.7. The Hall–Kier alpha value is -3.38. The standard InChI is InChI=1S/C21H17ClN4O2/c1-28-16-9-6-14(7-10-16)20(17-4-2-3-5-18(17)22)24-21(27)15-8-11-19-25-23-13-26(19)12-15/h2-13,20H,1H3,(H,24,27). The normalized spacial score (nSPS) is 11.9. The number of nitrogens with zero attached hydrogens (tertiary/aromatic N) is 3. The van der Waals surface area contributed by atoms with Crippen molar-refractivity contribution in [2.24, 2.45) is 0 Å². The summed E-state index contributed by atoms with van der Waals surface area (Å²) in [6.45, 7) is 0. The molecule has 7 heteroatoms. The average molecular weight is 393 g/mol. The molecule has 6 nitrogen and oxygen atoms in total. The molecule has 28 heavy (non-hydrogen) atoms. The molecule has 0 aliphatic carbocycles. The monoisotopic (exact) mass is 392 g/mol. The van der Waals surface area contributed by atoms with Crippen LogP contribution >= 0.6 is 11.6 Å². The van der Waals surface area contributed by atoms with E-state index in [0.717, 1.165) is 16.9 Å². The van der Waals surface area contributed by atoms with Gasteiger partial charge in [0.05, 0.1) is 18.7 Å². The molecule has 1 N–H and O–H groups in total. The van der Waals surface area contributed by atoms with Crippen LogP contribution < -0.4 is 10.1 Å². The second kappa shape index (κ2) is 7.70. The number of benzene rings is 2. The van der Waals surface area contributed by atoms with Crippen LogP contribution in [0.3, 0.4) is 0 Å². The van der Waals surface area contributed by atoms with Gasteiger partial charge in [0, 0.05) is 11.2 Å². The molecule has 1 unspecified atom stereocenters. The molecule has 2 heterocycles. The summed E-state index contributed by atoms with van der Waals surface area (Å²) < 4.78 is 6.94. The van der Waals surface area contributed by atoms with Gasteiger partial charge in [0.1, 0.15) is 12.1 Å². The van der Waals surface area contributed by atoms with E-state index in [0.29, 0.717) is 16.2 Å². The van der Waals surface area contributed by atoms with Crippen LogP contribution in [0.2, 0.25) is 5.02 Å². The Morgan fingerprint density at radius 1 is 1.11 bits per heavy atom. The molecule has 2 aromatic carbocycles. The fourth-order valence-corrected chi connectivity index (χ4v) is 3.27. The van der Waals surface area contributed by atoms with Crippen LogP contribution in [0.5, 0.6) is 5.75 Å². The molecule has 0 aliphatic heterocycles. The summed E-state index contributed by atoms with van der Waals surface area (Å²) in [4.78, 5) is 13.0. The van der Waals surface area contributed by atoms with E-state index in [4.69, 9.17) is 16.3 Å². The predicted molar refractivity (Wildman–Crippen MR) is 107 cm³/mol. The van der Waals surface area contributed by atoms with Gasteiger partial charge in [-0.3, -0.25) is 9.20 Å². The van der Waals surface area contributed by atoms with Gasteiger partial charge in [-0.2, -0.15) is 0 Å². The maximum absolute atomic E-state index is 13.0. The van der Waals surface area contributed by atoms with E-state index in [1.54, 1.807) is 36.2 Å². The van der Waals surface area contributed by atoms with E-state index >= 15 is 0 Å². The second-order valence-electron chi connectivity index (χ2n) is 6.22. The molecule has 0 saturated carbocycles. The first kappa shape index (κ1) is 18.0. The van der Waals surface area contributed by atoms with Gasteiger partial charge in [0.25, 0.3) is 5.91 Å². The predicted octanol–water partition coefficient (Wildman–Crippen LogP) is 3.91. The average Bonchev–Trinajstić information content (AvgIpc) is 3.20. The molecule has 140 valence electrons. The van der Waals surface area contributed by atoms with Gasteiger partial charge in [-0.1, -0.05) is 41.9 Å². The van der Waals surface area contributed by atoms with Gasteiger partial charge in [-0.15, -0.1) is 10.2 Å². The van der Waals surface area contributed by atoms with Crippen molar-refractivity contribution in [1.82, 2.24) is 19.9 Å². The number of halogens is 1. The Bertz CT molecular complexity index is 1120. The van der Waals surface area contributed by atoms with Crippen molar-refractivity contribution in [3.05, 3.63) is 94.9 Å². The third-order valence-electron chi connectivity index (χ3n) is 4.49. The van der Waals surface area contributed by atoms with Crippen LogP contribution in [0.4, 0.5) is 0 Å². The van der Waals surface area contributed by atoms with Crippen molar-refractivity contribution in [3.8, 4) is 5.75 Å². The minimum atomic E-state index is -0.413. The Balaban J connectivity index is 1.70. The summed E-state index contributed by atoms with van der Waals surface area (Å²) in [5.41, 5.74) is 2.88. The smallest absolute Gasteiger partial charge is 0.253 e. The molecule has 0 aliphatic rings. The maximum atomic E-state index is 13.0. The summed E-state index contributed by atoms with van der Waals surface area (Å²) in [7, 11) is 1.61. The number of aromatic nitrogens is 3. The minimum Gasteiger partial charge on any atom is -0.497 e. The summed E-state index contributed by atoms with van der Waals surface area (Å²) in [6.07, 6.45) is 3.25. The summed E-state index contributed by atoms with van der Waals surface area (Å²) in [6, 6.07) is 18.1. The number of hydrogen-bond donors (Lipinski definition) is 1. The molecule has 2 aromatic heterocycles. The van der Waals surface area contributed by atoms with E-state index < -0.39 is 6.04 Å². The number of methoxy groups -OCH3 is 1. The second-order valence-corrected chi connectivity index (χ2v) is 6.62. The van der Waals surface area contributed by atoms with Crippen molar-refractivity contribution in [1.29, 1.82) is 0 Å². The van der Waals surface area contributed by atoms with E-state index in [2.05, 4.69) is 15.5 Å². The molecule has 0 saturated heterocycles. The number of ether oxygens (including phenoxy) is 1. The van der Waals surface area contributed by atoms with Crippen molar-refractivity contribution < 1.29 is 9.53 Å². The lowest BCUT2D eigenvalue weighted by atomic mass is 9.98. The molecule has 1 atom stereocenters. The molecule has 0 spiro atoms. The molecular weight excluding hydrogens is 376 g/mol. The highest BCUT2D eigenvalue weighted by atomic mass is 35.5. The van der Waals surface area contributed by atoms with E-state index in [1.807, 2.05) is 48.5 Å². The third kappa shape index (κ3) is 3.54. The van der Waals surface area contributed by atoms with Gasteiger partial charge >= 0.3 is 0 Å². The number of pyridine rings is 1. The van der Waals surface area contributed by atoms with E-state index in [9.17, 15) is 4.79 Å². The molecule has 0 fully saturated rings. The molecule has 4 rings (SSSR count). The zero-order valence-electron chi connectivity index (χ0n) is 15.0. The summed E-state index contributed by atoms with van der Waals surface area (Å²) in [5.74, 6) is 0.516. The SMILES string of the molecule is COc1ccc(C(NC(=O)c2ccc3nncn3c2)c2ccccc2Cl)cc1. The maximum Gasteiger partial charge on any atom is 0.253 e. The first-order valence-corrected chi connectivity index (χ1v) is 9.02. The highest BCUT2D eigenvalue weighted by molar-refractivity contribution is 6.31. The Morgan fingerprint density at radius 3 is 2.64 bits per heavy atom. The highest BCUT2D eigenvalue weighted by Gasteiger charge is 2.20. The Labute approximate surface area is 166 Å². The lowest BCUT2D eigenvalue weighted by molar-refractivity contribution is 0.0942. The lowest BCUT2D eigenvalue weighted by Gasteiger charge is -2.21. The third-order valence-corrected chi connectivity index (χ3v) is 4.84. The number of amides is 1. The quantitative estimate of drug-likeness (QED) is 0.559. The fraction of sp³-hybridized carbons (Fsp3) is 0.0952. The van der Waals surface area contributed by atoms with Crippen molar-refractivity contribution in [3.63, 3.8) is 0 Å². The first-order valence-electron chi connectivity index (χ1n) is 8.64. The minimum absolute atomic E-state index is 0.226. The summed E-state index contributed by atoms with van der Waals surface area (Å²) in [5, 5.41) is 11.5. The van der Waals surface area contributed by atoms with Crippen LogP contribution in [0.25, 0.3) is 5.65 Å². The zero-order chi connectivity index (χ0) is 19.5. The van der Waals surface area contributed by atoms with Gasteiger partial charge in [-0.05, 0) is 41.5 Å². The zero-order valence-corrected chi connectivity index (χ0v) is 15.8. The number of nitrogens with one attached hydrogen (secondary N) is 1. The van der Waals surface area contributed by atoms with Crippen LogP contribution in [0, 0.1) is 0 Å². The number of rotatable bonds is 5. The summed E-state index contributed by atoms with van der Waals surface area (Å²) >= 11 is 6.42. The topological polar surface area (TPSA) is 68.5 Å². The van der Waals surface area contributed by atoms with Crippen LogP contribution in [-0.4, -0.2) is 27.6 Å². The fourth-order valence-electron chi connectivity index (χ4n) is 3.02. The van der Waals surface area contributed by atoms with Gasteiger partial charge in [-0.25, -0.2) is 0 Å². The van der Waals surface area contributed by atoms with Crippen LogP contribution in [0.15, 0.2) is 73.2 Å². The van der Waals surface area contributed by atoms with Gasteiger partial charge in [0.15, 0.2) is 5.65 Å². The van der Waals surface area contributed by atoms with E-state index in [1.165, 1.54) is 0 Å².